The highest BCUT2D eigenvalue weighted by Crippen LogP contribution is 2.27. The zero-order chi connectivity index (χ0) is 14.6. The van der Waals surface area contributed by atoms with Gasteiger partial charge in [-0.05, 0) is 52.4 Å². The summed E-state index contributed by atoms with van der Waals surface area (Å²) >= 11 is 0. The van der Waals surface area contributed by atoms with E-state index in [1.807, 2.05) is 0 Å². The van der Waals surface area contributed by atoms with Gasteiger partial charge in [-0.15, -0.1) is 0 Å². The van der Waals surface area contributed by atoms with Crippen molar-refractivity contribution in [2.75, 3.05) is 13.2 Å². The molecule has 1 saturated heterocycles. The summed E-state index contributed by atoms with van der Waals surface area (Å²) in [6.45, 7) is 10.7. The summed E-state index contributed by atoms with van der Waals surface area (Å²) in [6, 6.07) is 0. The van der Waals surface area contributed by atoms with Crippen LogP contribution >= 0.6 is 0 Å². The van der Waals surface area contributed by atoms with Gasteiger partial charge in [0.2, 0.25) is 0 Å². The van der Waals surface area contributed by atoms with E-state index >= 15 is 0 Å². The van der Waals surface area contributed by atoms with Crippen molar-refractivity contribution >= 4 is 0 Å². The van der Waals surface area contributed by atoms with Crippen molar-refractivity contribution in [1.82, 2.24) is 5.32 Å². The van der Waals surface area contributed by atoms with E-state index in [0.29, 0.717) is 18.3 Å². The van der Waals surface area contributed by atoms with Gasteiger partial charge in [0.15, 0.2) is 0 Å². The zero-order valence-corrected chi connectivity index (χ0v) is 13.8. The van der Waals surface area contributed by atoms with Crippen LogP contribution in [0.15, 0.2) is 0 Å². The van der Waals surface area contributed by atoms with Gasteiger partial charge in [-0.2, -0.15) is 0 Å². The summed E-state index contributed by atoms with van der Waals surface area (Å²) < 4.78 is 12.2. The molecule has 1 saturated carbocycles. The van der Waals surface area contributed by atoms with Gasteiger partial charge in [0.1, 0.15) is 0 Å². The average Bonchev–Trinajstić information content (AvgIpc) is 2.81. The number of hydrogen-bond donors (Lipinski definition) is 1. The van der Waals surface area contributed by atoms with Crippen molar-refractivity contribution in [3.8, 4) is 0 Å². The van der Waals surface area contributed by atoms with Crippen LogP contribution in [0.4, 0.5) is 0 Å². The minimum Gasteiger partial charge on any atom is -0.376 e. The molecule has 1 aliphatic carbocycles. The molecule has 2 aliphatic rings. The molecular formula is C17H33NO2. The Balaban J connectivity index is 1.61. The van der Waals surface area contributed by atoms with E-state index in [1.54, 1.807) is 0 Å². The standard InChI is InChI=1S/C17H33NO2/c1-13-6-5-7-14(10-13)19-12-16-9-8-15(20-16)11-18-17(2,3)4/h13-16,18H,5-12H2,1-4H3. The Labute approximate surface area is 124 Å². The molecule has 1 heterocycles. The fraction of sp³-hybridized carbons (Fsp3) is 1.00. The summed E-state index contributed by atoms with van der Waals surface area (Å²) in [7, 11) is 0. The fourth-order valence-electron chi connectivity index (χ4n) is 3.25. The lowest BCUT2D eigenvalue weighted by Gasteiger charge is -2.28. The Bertz CT molecular complexity index is 287. The maximum atomic E-state index is 6.09. The van der Waals surface area contributed by atoms with E-state index in [0.717, 1.165) is 31.9 Å². The largest absolute Gasteiger partial charge is 0.376 e. The quantitative estimate of drug-likeness (QED) is 0.837. The van der Waals surface area contributed by atoms with Crippen molar-refractivity contribution in [3.05, 3.63) is 0 Å². The van der Waals surface area contributed by atoms with Crippen LogP contribution < -0.4 is 5.32 Å². The van der Waals surface area contributed by atoms with Gasteiger partial charge in [-0.3, -0.25) is 0 Å². The summed E-state index contributed by atoms with van der Waals surface area (Å²) in [5, 5.41) is 3.53. The third-order valence-corrected chi connectivity index (χ3v) is 4.46. The molecule has 0 aromatic rings. The lowest BCUT2D eigenvalue weighted by atomic mass is 9.89. The van der Waals surface area contributed by atoms with Crippen LogP contribution in [0.5, 0.6) is 0 Å². The van der Waals surface area contributed by atoms with E-state index in [1.165, 1.54) is 25.7 Å². The van der Waals surface area contributed by atoms with Gasteiger partial charge in [0.05, 0.1) is 24.9 Å². The van der Waals surface area contributed by atoms with Crippen LogP contribution in [0.25, 0.3) is 0 Å². The Kier molecular flexibility index (Phi) is 5.88. The van der Waals surface area contributed by atoms with Crippen LogP contribution in [0.3, 0.4) is 0 Å². The van der Waals surface area contributed by atoms with Gasteiger partial charge < -0.3 is 14.8 Å². The predicted molar refractivity (Wildman–Crippen MR) is 83.0 cm³/mol. The average molecular weight is 283 g/mol. The highest BCUT2D eigenvalue weighted by atomic mass is 16.5. The lowest BCUT2D eigenvalue weighted by Crippen LogP contribution is -2.41. The minimum absolute atomic E-state index is 0.177. The van der Waals surface area contributed by atoms with Gasteiger partial charge >= 0.3 is 0 Å². The van der Waals surface area contributed by atoms with Crippen molar-refractivity contribution in [2.45, 2.75) is 90.1 Å². The fourth-order valence-corrected chi connectivity index (χ4v) is 3.25. The zero-order valence-electron chi connectivity index (χ0n) is 13.8. The number of ether oxygens (including phenoxy) is 2. The molecule has 0 amide bonds. The van der Waals surface area contributed by atoms with Crippen LogP contribution in [0.1, 0.15) is 66.2 Å². The van der Waals surface area contributed by atoms with Crippen LogP contribution in [-0.2, 0) is 9.47 Å². The first kappa shape index (κ1) is 16.3. The Morgan fingerprint density at radius 2 is 1.85 bits per heavy atom. The van der Waals surface area contributed by atoms with E-state index in [-0.39, 0.29) is 5.54 Å². The van der Waals surface area contributed by atoms with Crippen molar-refractivity contribution in [3.63, 3.8) is 0 Å². The Morgan fingerprint density at radius 3 is 2.55 bits per heavy atom. The predicted octanol–water partition coefficient (Wildman–Crippen LogP) is 3.52. The topological polar surface area (TPSA) is 30.5 Å². The molecule has 0 aromatic heterocycles. The van der Waals surface area contributed by atoms with Gasteiger partial charge in [0, 0.05) is 12.1 Å². The number of hydrogen-bond acceptors (Lipinski definition) is 3. The number of nitrogens with one attached hydrogen (secondary N) is 1. The molecule has 0 spiro atoms. The third-order valence-electron chi connectivity index (χ3n) is 4.46. The highest BCUT2D eigenvalue weighted by Gasteiger charge is 2.28. The Morgan fingerprint density at radius 1 is 1.10 bits per heavy atom. The lowest BCUT2D eigenvalue weighted by molar-refractivity contribution is -0.0554. The van der Waals surface area contributed by atoms with Crippen molar-refractivity contribution < 1.29 is 9.47 Å². The molecule has 4 unspecified atom stereocenters. The third kappa shape index (κ3) is 5.71. The summed E-state index contributed by atoms with van der Waals surface area (Å²) in [4.78, 5) is 0. The van der Waals surface area contributed by atoms with Crippen LogP contribution in [0.2, 0.25) is 0 Å². The SMILES string of the molecule is CC1CCCC(OCC2CCC(CNC(C)(C)C)O2)C1. The maximum absolute atomic E-state index is 6.09. The number of rotatable bonds is 5. The van der Waals surface area contributed by atoms with Crippen molar-refractivity contribution in [1.29, 1.82) is 0 Å². The summed E-state index contributed by atoms with van der Waals surface area (Å²) in [5.41, 5.74) is 0.177. The molecule has 2 fully saturated rings. The smallest absolute Gasteiger partial charge is 0.0814 e. The molecule has 3 nitrogen and oxygen atoms in total. The normalized spacial score (nSPS) is 35.4. The molecule has 0 aromatic carbocycles. The molecule has 3 heteroatoms. The van der Waals surface area contributed by atoms with Crippen LogP contribution in [-0.4, -0.2) is 37.0 Å². The monoisotopic (exact) mass is 283 g/mol. The summed E-state index contributed by atoms with van der Waals surface area (Å²) in [6.07, 6.45) is 8.67. The maximum Gasteiger partial charge on any atom is 0.0814 e. The first-order chi connectivity index (χ1) is 9.42. The van der Waals surface area contributed by atoms with Gasteiger partial charge in [0.25, 0.3) is 0 Å². The second-order valence-electron chi connectivity index (χ2n) is 7.82. The molecular weight excluding hydrogens is 250 g/mol. The molecule has 118 valence electrons. The molecule has 0 radical (unpaired) electrons. The molecule has 1 N–H and O–H groups in total. The first-order valence-electron chi connectivity index (χ1n) is 8.44. The van der Waals surface area contributed by atoms with E-state index in [4.69, 9.17) is 9.47 Å². The second-order valence-corrected chi connectivity index (χ2v) is 7.82. The second kappa shape index (κ2) is 7.24. The molecule has 2 rings (SSSR count). The van der Waals surface area contributed by atoms with Gasteiger partial charge in [-0.1, -0.05) is 19.8 Å². The molecule has 4 atom stereocenters. The minimum atomic E-state index is 0.177. The van der Waals surface area contributed by atoms with Gasteiger partial charge in [-0.25, -0.2) is 0 Å². The first-order valence-corrected chi connectivity index (χ1v) is 8.44. The molecule has 20 heavy (non-hydrogen) atoms. The van der Waals surface area contributed by atoms with Crippen molar-refractivity contribution in [2.24, 2.45) is 5.92 Å². The van der Waals surface area contributed by atoms with Crippen LogP contribution in [0, 0.1) is 5.92 Å². The highest BCUT2D eigenvalue weighted by molar-refractivity contribution is 4.80. The summed E-state index contributed by atoms with van der Waals surface area (Å²) in [5.74, 6) is 0.835. The molecule has 0 bridgehead atoms. The Hall–Kier alpha value is -0.120. The van der Waals surface area contributed by atoms with E-state index in [9.17, 15) is 0 Å². The van der Waals surface area contributed by atoms with E-state index < -0.39 is 0 Å². The van der Waals surface area contributed by atoms with E-state index in [2.05, 4.69) is 33.0 Å². The molecule has 1 aliphatic heterocycles.